The van der Waals surface area contributed by atoms with E-state index in [1.807, 2.05) is 0 Å². The van der Waals surface area contributed by atoms with E-state index in [1.54, 1.807) is 0 Å². The van der Waals surface area contributed by atoms with Gasteiger partial charge >= 0.3 is 0 Å². The van der Waals surface area contributed by atoms with E-state index in [2.05, 4.69) is 21.2 Å². The molecule has 82 valence electrons. The number of anilines is 1. The highest BCUT2D eigenvalue weighted by Crippen LogP contribution is 2.27. The van der Waals surface area contributed by atoms with E-state index in [9.17, 15) is 8.78 Å². The molecule has 0 spiro atoms. The summed E-state index contributed by atoms with van der Waals surface area (Å²) in [4.78, 5) is 0. The van der Waals surface area contributed by atoms with Crippen LogP contribution in [0.5, 0.6) is 0 Å². The molecular weight excluding hydrogens is 264 g/mol. The van der Waals surface area contributed by atoms with Crippen molar-refractivity contribution in [1.82, 2.24) is 0 Å². The van der Waals surface area contributed by atoms with Crippen LogP contribution in [-0.2, 0) is 0 Å². The normalized spacial score (nSPS) is 17.0. The fourth-order valence-corrected chi connectivity index (χ4v) is 2.27. The van der Waals surface area contributed by atoms with Gasteiger partial charge in [0.2, 0.25) is 0 Å². The Bertz CT molecular complexity index is 362. The number of hydrogen-bond acceptors (Lipinski definition) is 1. The molecule has 4 heteroatoms. The number of benzene rings is 1. The monoisotopic (exact) mass is 275 g/mol. The molecule has 1 aromatic carbocycles. The van der Waals surface area contributed by atoms with Gasteiger partial charge in [-0.1, -0.05) is 12.8 Å². The fourth-order valence-electron chi connectivity index (χ4n) is 1.92. The predicted octanol–water partition coefficient (Wildman–Crippen LogP) is 4.08. The van der Waals surface area contributed by atoms with Crippen LogP contribution in [0.2, 0.25) is 0 Å². The third kappa shape index (κ3) is 2.48. The Kier molecular flexibility index (Phi) is 3.24. The SMILES string of the molecule is Fc1cc(F)c(NC2CCCC2)cc1Br. The molecule has 0 amide bonds. The highest BCUT2D eigenvalue weighted by atomic mass is 79.9. The molecule has 15 heavy (non-hydrogen) atoms. The van der Waals surface area contributed by atoms with E-state index < -0.39 is 11.6 Å². The molecule has 2 rings (SSSR count). The summed E-state index contributed by atoms with van der Waals surface area (Å²) < 4.78 is 26.6. The zero-order valence-electron chi connectivity index (χ0n) is 8.19. The molecule has 1 fully saturated rings. The van der Waals surface area contributed by atoms with E-state index in [0.717, 1.165) is 18.9 Å². The van der Waals surface area contributed by atoms with Gasteiger partial charge in [-0.25, -0.2) is 8.78 Å². The van der Waals surface area contributed by atoms with Crippen molar-refractivity contribution < 1.29 is 8.78 Å². The minimum Gasteiger partial charge on any atom is -0.380 e. The second kappa shape index (κ2) is 4.47. The van der Waals surface area contributed by atoms with Crippen LogP contribution in [0.4, 0.5) is 14.5 Å². The zero-order chi connectivity index (χ0) is 10.8. The van der Waals surface area contributed by atoms with Crippen molar-refractivity contribution in [3.05, 3.63) is 28.2 Å². The second-order valence-electron chi connectivity index (χ2n) is 3.87. The Balaban J connectivity index is 2.16. The number of nitrogens with one attached hydrogen (secondary N) is 1. The predicted molar refractivity (Wildman–Crippen MR) is 59.9 cm³/mol. The average molecular weight is 276 g/mol. The van der Waals surface area contributed by atoms with Crippen LogP contribution in [0.25, 0.3) is 0 Å². The van der Waals surface area contributed by atoms with Gasteiger partial charge in [-0.15, -0.1) is 0 Å². The maximum atomic E-state index is 13.4. The van der Waals surface area contributed by atoms with Gasteiger partial charge in [0.25, 0.3) is 0 Å². The van der Waals surface area contributed by atoms with Crippen molar-refractivity contribution in [2.75, 3.05) is 5.32 Å². The lowest BCUT2D eigenvalue weighted by atomic mass is 10.2. The van der Waals surface area contributed by atoms with Crippen LogP contribution in [0.1, 0.15) is 25.7 Å². The number of halogens is 3. The first kappa shape index (κ1) is 10.9. The zero-order valence-corrected chi connectivity index (χ0v) is 9.78. The first-order valence-corrected chi connectivity index (χ1v) is 5.87. The van der Waals surface area contributed by atoms with Gasteiger partial charge in [-0.2, -0.15) is 0 Å². The lowest BCUT2D eigenvalue weighted by Crippen LogP contribution is -2.15. The second-order valence-corrected chi connectivity index (χ2v) is 4.73. The summed E-state index contributed by atoms with van der Waals surface area (Å²) >= 11 is 3.05. The molecular formula is C11H12BrF2N. The summed E-state index contributed by atoms with van der Waals surface area (Å²) in [7, 11) is 0. The van der Waals surface area contributed by atoms with E-state index in [0.29, 0.717) is 16.2 Å². The molecule has 1 N–H and O–H groups in total. The first-order chi connectivity index (χ1) is 7.16. The standard InChI is InChI=1S/C11H12BrF2N/c12-8-5-11(10(14)6-9(8)13)15-7-3-1-2-4-7/h5-7,15H,1-4H2. The Labute approximate surface area is 96.0 Å². The summed E-state index contributed by atoms with van der Waals surface area (Å²) in [6.45, 7) is 0. The van der Waals surface area contributed by atoms with Gasteiger partial charge in [0.1, 0.15) is 11.6 Å². The van der Waals surface area contributed by atoms with Crippen molar-refractivity contribution in [3.63, 3.8) is 0 Å². The molecule has 0 heterocycles. The smallest absolute Gasteiger partial charge is 0.149 e. The van der Waals surface area contributed by atoms with Crippen LogP contribution < -0.4 is 5.32 Å². The van der Waals surface area contributed by atoms with E-state index in [1.165, 1.54) is 18.9 Å². The van der Waals surface area contributed by atoms with Gasteiger partial charge < -0.3 is 5.32 Å². The molecule has 0 unspecified atom stereocenters. The number of rotatable bonds is 2. The summed E-state index contributed by atoms with van der Waals surface area (Å²) in [5.74, 6) is -1.09. The third-order valence-electron chi connectivity index (χ3n) is 2.72. The van der Waals surface area contributed by atoms with Crippen molar-refractivity contribution in [2.45, 2.75) is 31.7 Å². The molecule has 0 bridgehead atoms. The largest absolute Gasteiger partial charge is 0.380 e. The third-order valence-corrected chi connectivity index (χ3v) is 3.33. The Morgan fingerprint density at radius 3 is 2.47 bits per heavy atom. The maximum absolute atomic E-state index is 13.4. The Morgan fingerprint density at radius 2 is 1.80 bits per heavy atom. The molecule has 0 aliphatic heterocycles. The fraction of sp³-hybridized carbons (Fsp3) is 0.455. The molecule has 0 saturated heterocycles. The van der Waals surface area contributed by atoms with Crippen molar-refractivity contribution in [1.29, 1.82) is 0 Å². The van der Waals surface area contributed by atoms with Crippen LogP contribution in [0.15, 0.2) is 16.6 Å². The topological polar surface area (TPSA) is 12.0 Å². The summed E-state index contributed by atoms with van der Waals surface area (Å²) in [5, 5.41) is 3.11. The van der Waals surface area contributed by atoms with Gasteiger partial charge in [0.15, 0.2) is 0 Å². The number of hydrogen-bond donors (Lipinski definition) is 1. The lowest BCUT2D eigenvalue weighted by molar-refractivity contribution is 0.578. The van der Waals surface area contributed by atoms with Gasteiger partial charge in [0, 0.05) is 12.1 Å². The van der Waals surface area contributed by atoms with Gasteiger partial charge in [0.05, 0.1) is 10.2 Å². The van der Waals surface area contributed by atoms with Crippen LogP contribution in [0.3, 0.4) is 0 Å². The minimum absolute atomic E-state index is 0.296. The van der Waals surface area contributed by atoms with Crippen molar-refractivity contribution >= 4 is 21.6 Å². The van der Waals surface area contributed by atoms with Crippen molar-refractivity contribution in [2.24, 2.45) is 0 Å². The molecule has 1 nitrogen and oxygen atoms in total. The molecule has 1 aliphatic rings. The van der Waals surface area contributed by atoms with Crippen molar-refractivity contribution in [3.8, 4) is 0 Å². The van der Waals surface area contributed by atoms with Crippen LogP contribution >= 0.6 is 15.9 Å². The highest BCUT2D eigenvalue weighted by Gasteiger charge is 2.17. The molecule has 0 atom stereocenters. The summed E-state index contributed by atoms with van der Waals surface area (Å²) in [6, 6.07) is 2.70. The van der Waals surface area contributed by atoms with Gasteiger partial charge in [-0.05, 0) is 34.8 Å². The summed E-state index contributed by atoms with van der Waals surface area (Å²) in [6.07, 6.45) is 4.49. The average Bonchev–Trinajstić information content (AvgIpc) is 2.67. The quantitative estimate of drug-likeness (QED) is 0.802. The van der Waals surface area contributed by atoms with E-state index >= 15 is 0 Å². The maximum Gasteiger partial charge on any atom is 0.149 e. The molecule has 1 aliphatic carbocycles. The van der Waals surface area contributed by atoms with E-state index in [4.69, 9.17) is 0 Å². The molecule has 0 radical (unpaired) electrons. The van der Waals surface area contributed by atoms with Gasteiger partial charge in [-0.3, -0.25) is 0 Å². The lowest BCUT2D eigenvalue weighted by Gasteiger charge is -2.14. The van der Waals surface area contributed by atoms with E-state index in [-0.39, 0.29) is 0 Å². The van der Waals surface area contributed by atoms with Crippen LogP contribution in [-0.4, -0.2) is 6.04 Å². The minimum atomic E-state index is -0.565. The first-order valence-electron chi connectivity index (χ1n) is 5.08. The molecule has 1 saturated carbocycles. The van der Waals surface area contributed by atoms with Crippen LogP contribution in [0, 0.1) is 11.6 Å². The summed E-state index contributed by atoms with van der Waals surface area (Å²) in [5.41, 5.74) is 0.384. The highest BCUT2D eigenvalue weighted by molar-refractivity contribution is 9.10. The molecule has 0 aromatic heterocycles. The Morgan fingerprint density at radius 1 is 1.13 bits per heavy atom. The Hall–Kier alpha value is -0.640. The molecule has 1 aromatic rings.